The molecular weight excluding hydrogens is 358 g/mol. The smallest absolute Gasteiger partial charge is 0.270 e. The molecule has 0 saturated carbocycles. The van der Waals surface area contributed by atoms with Gasteiger partial charge in [0.2, 0.25) is 5.91 Å². The highest BCUT2D eigenvalue weighted by atomic mass is 16.6. The minimum atomic E-state index is -0.457. The van der Waals surface area contributed by atoms with Crippen LogP contribution in [-0.2, 0) is 4.79 Å². The van der Waals surface area contributed by atoms with Crippen LogP contribution in [0.4, 0.5) is 11.4 Å². The zero-order valence-corrected chi connectivity index (χ0v) is 15.6. The zero-order valence-electron chi connectivity index (χ0n) is 15.6. The molecule has 1 heterocycles. The molecule has 3 rings (SSSR count). The summed E-state index contributed by atoms with van der Waals surface area (Å²) in [5.41, 5.74) is 2.33. The maximum absolute atomic E-state index is 12.4. The number of amides is 1. The minimum Gasteiger partial charge on any atom is -0.368 e. The second kappa shape index (κ2) is 8.47. The molecule has 0 unspecified atom stereocenters. The van der Waals surface area contributed by atoms with Crippen molar-refractivity contribution >= 4 is 29.1 Å². The van der Waals surface area contributed by atoms with Crippen molar-refractivity contribution < 1.29 is 14.5 Å². The molecule has 144 valence electrons. The van der Waals surface area contributed by atoms with Crippen LogP contribution in [-0.4, -0.2) is 47.7 Å². The Hall–Kier alpha value is -3.48. The molecule has 0 aliphatic carbocycles. The van der Waals surface area contributed by atoms with Gasteiger partial charge in [0, 0.05) is 55.6 Å². The number of nitro groups is 1. The van der Waals surface area contributed by atoms with Gasteiger partial charge >= 0.3 is 0 Å². The summed E-state index contributed by atoms with van der Waals surface area (Å²) in [6.45, 7) is 4.13. The van der Waals surface area contributed by atoms with Crippen LogP contribution in [0, 0.1) is 10.1 Å². The van der Waals surface area contributed by atoms with Crippen molar-refractivity contribution in [2.45, 2.75) is 6.92 Å². The first kappa shape index (κ1) is 19.3. The van der Waals surface area contributed by atoms with Gasteiger partial charge in [0.15, 0.2) is 5.78 Å². The fraction of sp³-hybridized carbons (Fsp3) is 0.238. The monoisotopic (exact) mass is 379 g/mol. The predicted molar refractivity (Wildman–Crippen MR) is 107 cm³/mol. The van der Waals surface area contributed by atoms with Crippen molar-refractivity contribution in [3.05, 3.63) is 75.8 Å². The molecule has 1 aliphatic rings. The van der Waals surface area contributed by atoms with Gasteiger partial charge in [-0.2, -0.15) is 0 Å². The first-order valence-electron chi connectivity index (χ1n) is 9.01. The van der Waals surface area contributed by atoms with Gasteiger partial charge in [0.1, 0.15) is 0 Å². The number of carbonyl (C=O) groups excluding carboxylic acids is 2. The highest BCUT2D eigenvalue weighted by Crippen LogP contribution is 2.18. The Morgan fingerprint density at radius 3 is 2.32 bits per heavy atom. The van der Waals surface area contributed by atoms with E-state index in [2.05, 4.69) is 4.90 Å². The van der Waals surface area contributed by atoms with Crippen molar-refractivity contribution in [3.63, 3.8) is 0 Å². The summed E-state index contributed by atoms with van der Waals surface area (Å²) in [4.78, 5) is 38.1. The van der Waals surface area contributed by atoms with Crippen LogP contribution in [0.3, 0.4) is 0 Å². The van der Waals surface area contributed by atoms with E-state index in [0.717, 1.165) is 5.69 Å². The van der Waals surface area contributed by atoms with Crippen LogP contribution >= 0.6 is 0 Å². The van der Waals surface area contributed by atoms with E-state index in [4.69, 9.17) is 0 Å². The summed E-state index contributed by atoms with van der Waals surface area (Å²) in [6, 6.07) is 13.7. The molecule has 7 nitrogen and oxygen atoms in total. The lowest BCUT2D eigenvalue weighted by Gasteiger charge is -2.35. The molecule has 1 saturated heterocycles. The molecule has 0 spiro atoms. The predicted octanol–water partition coefficient (Wildman–Crippen LogP) is 3.16. The molecule has 1 amide bonds. The lowest BCUT2D eigenvalue weighted by Crippen LogP contribution is -2.48. The first-order valence-corrected chi connectivity index (χ1v) is 9.01. The Morgan fingerprint density at radius 1 is 1.04 bits per heavy atom. The molecule has 1 aliphatic heterocycles. The van der Waals surface area contributed by atoms with Gasteiger partial charge in [-0.15, -0.1) is 0 Å². The van der Waals surface area contributed by atoms with Gasteiger partial charge in [-0.05, 0) is 42.8 Å². The summed E-state index contributed by atoms with van der Waals surface area (Å²) in [5.74, 6) is -0.0735. The average molecular weight is 379 g/mol. The van der Waals surface area contributed by atoms with Gasteiger partial charge in [-0.25, -0.2) is 0 Å². The van der Waals surface area contributed by atoms with Gasteiger partial charge in [-0.1, -0.05) is 12.1 Å². The Morgan fingerprint density at radius 2 is 1.71 bits per heavy atom. The topological polar surface area (TPSA) is 83.8 Å². The Balaban J connectivity index is 1.57. The maximum Gasteiger partial charge on any atom is 0.270 e. The van der Waals surface area contributed by atoms with Crippen LogP contribution < -0.4 is 4.90 Å². The molecule has 2 aromatic rings. The molecule has 0 aromatic heterocycles. The summed E-state index contributed by atoms with van der Waals surface area (Å²) < 4.78 is 0. The number of nitro benzene ring substituents is 1. The zero-order chi connectivity index (χ0) is 20.1. The van der Waals surface area contributed by atoms with Crippen LogP contribution in [0.1, 0.15) is 22.8 Å². The lowest BCUT2D eigenvalue weighted by molar-refractivity contribution is -0.384. The molecule has 7 heteroatoms. The van der Waals surface area contributed by atoms with E-state index in [1.807, 2.05) is 24.3 Å². The van der Waals surface area contributed by atoms with Crippen molar-refractivity contribution in [2.24, 2.45) is 0 Å². The van der Waals surface area contributed by atoms with Gasteiger partial charge in [0.05, 0.1) is 4.92 Å². The molecule has 28 heavy (non-hydrogen) atoms. The fourth-order valence-corrected chi connectivity index (χ4v) is 3.11. The van der Waals surface area contributed by atoms with Crippen LogP contribution in [0.15, 0.2) is 54.6 Å². The van der Waals surface area contributed by atoms with Crippen molar-refractivity contribution in [2.75, 3.05) is 31.1 Å². The third-order valence-corrected chi connectivity index (χ3v) is 4.73. The number of Topliss-reactive ketones (excluding diaryl/α,β-unsaturated/α-hetero) is 1. The van der Waals surface area contributed by atoms with E-state index in [1.54, 1.807) is 30.0 Å². The lowest BCUT2D eigenvalue weighted by atomic mass is 10.1. The van der Waals surface area contributed by atoms with E-state index in [9.17, 15) is 19.7 Å². The quantitative estimate of drug-likeness (QED) is 0.345. The molecule has 1 fully saturated rings. The average Bonchev–Trinajstić information content (AvgIpc) is 2.72. The Labute approximate surface area is 163 Å². The van der Waals surface area contributed by atoms with Crippen LogP contribution in [0.2, 0.25) is 0 Å². The van der Waals surface area contributed by atoms with Gasteiger partial charge < -0.3 is 9.80 Å². The largest absolute Gasteiger partial charge is 0.368 e. The fourth-order valence-electron chi connectivity index (χ4n) is 3.11. The number of anilines is 1. The second-order valence-corrected chi connectivity index (χ2v) is 6.60. The molecule has 0 bridgehead atoms. The number of piperazine rings is 1. The number of non-ortho nitro benzene ring substituents is 1. The number of rotatable bonds is 5. The number of benzene rings is 2. The Bertz CT molecular complexity index is 914. The summed E-state index contributed by atoms with van der Waals surface area (Å²) in [5, 5.41) is 10.8. The third kappa shape index (κ3) is 4.62. The number of carbonyl (C=O) groups is 2. The first-order chi connectivity index (χ1) is 13.4. The number of hydrogen-bond donors (Lipinski definition) is 0. The number of hydrogen-bond acceptors (Lipinski definition) is 5. The molecule has 2 aromatic carbocycles. The highest BCUT2D eigenvalue weighted by molar-refractivity contribution is 5.94. The SMILES string of the molecule is CC(=O)c1ccc(N2CCN(C(=O)/C=C/c3cccc([N+](=O)[O-])c3)CC2)cc1. The van der Waals surface area contributed by atoms with Gasteiger partial charge in [-0.3, -0.25) is 19.7 Å². The minimum absolute atomic E-state index is 0.000921. The van der Waals surface area contributed by atoms with Crippen LogP contribution in [0.25, 0.3) is 6.08 Å². The van der Waals surface area contributed by atoms with E-state index < -0.39 is 4.92 Å². The van der Waals surface area contributed by atoms with Crippen molar-refractivity contribution in [3.8, 4) is 0 Å². The summed E-state index contributed by atoms with van der Waals surface area (Å²) in [6.07, 6.45) is 3.05. The maximum atomic E-state index is 12.4. The van der Waals surface area contributed by atoms with E-state index >= 15 is 0 Å². The summed E-state index contributed by atoms with van der Waals surface area (Å²) in [7, 11) is 0. The molecule has 0 N–H and O–H groups in total. The molecule has 0 radical (unpaired) electrons. The standard InChI is InChI=1S/C21H21N3O4/c1-16(25)18-6-8-19(9-7-18)22-11-13-23(14-12-22)21(26)10-5-17-3-2-4-20(15-17)24(27)28/h2-10,15H,11-14H2,1H3/b10-5+. The second-order valence-electron chi connectivity index (χ2n) is 6.60. The van der Waals surface area contributed by atoms with E-state index in [0.29, 0.717) is 37.3 Å². The molecule has 0 atom stereocenters. The van der Waals surface area contributed by atoms with Gasteiger partial charge in [0.25, 0.3) is 5.69 Å². The van der Waals surface area contributed by atoms with Crippen LogP contribution in [0.5, 0.6) is 0 Å². The number of nitrogens with zero attached hydrogens (tertiary/aromatic N) is 3. The van der Waals surface area contributed by atoms with E-state index in [1.165, 1.54) is 18.2 Å². The Kier molecular flexibility index (Phi) is 5.84. The van der Waals surface area contributed by atoms with Crippen molar-refractivity contribution in [1.82, 2.24) is 4.90 Å². The highest BCUT2D eigenvalue weighted by Gasteiger charge is 2.20. The normalized spacial score (nSPS) is 14.3. The summed E-state index contributed by atoms with van der Waals surface area (Å²) >= 11 is 0. The van der Waals surface area contributed by atoms with Crippen molar-refractivity contribution in [1.29, 1.82) is 0 Å². The third-order valence-electron chi connectivity index (χ3n) is 4.73. The van der Waals surface area contributed by atoms with E-state index in [-0.39, 0.29) is 17.4 Å². The number of ketones is 1. The molecular formula is C21H21N3O4.